The van der Waals surface area contributed by atoms with E-state index in [0.29, 0.717) is 11.1 Å². The molecule has 1 heterocycles. The van der Waals surface area contributed by atoms with Gasteiger partial charge in [-0.25, -0.2) is 14.6 Å². The maximum Gasteiger partial charge on any atom is 0.363 e. The maximum absolute atomic E-state index is 12.1. The number of cyclic esters (lactones) is 1. The van der Waals surface area contributed by atoms with Gasteiger partial charge in [-0.2, -0.15) is 0 Å². The van der Waals surface area contributed by atoms with Crippen molar-refractivity contribution in [1.29, 1.82) is 0 Å². The zero-order chi connectivity index (χ0) is 20.3. The lowest BCUT2D eigenvalue weighted by Gasteiger charge is -2.02. The number of esters is 2. The fraction of sp³-hybridized carbons (Fsp3) is 0.105. The van der Waals surface area contributed by atoms with Gasteiger partial charge >= 0.3 is 11.9 Å². The highest BCUT2D eigenvalue weighted by molar-refractivity contribution is 6.34. The number of rotatable bonds is 5. The average Bonchev–Trinajstić information content (AvgIpc) is 3.03. The summed E-state index contributed by atoms with van der Waals surface area (Å²) in [6, 6.07) is 10.1. The lowest BCUT2D eigenvalue weighted by Crippen LogP contribution is -2.06. The van der Waals surface area contributed by atoms with Crippen molar-refractivity contribution in [3.05, 3.63) is 80.0 Å². The molecule has 1 aliphatic heterocycles. The molecule has 0 aliphatic carbocycles. The van der Waals surface area contributed by atoms with Gasteiger partial charge in [0.25, 0.3) is 5.69 Å². The number of carbonyl (C=O) groups is 2. The SMILES string of the molecule is CCOC(=O)c1ccc(/C=C2\N=C(c3cc([N+](=O)[O-])ccc3Cl)OC2=O)cc1. The number of nitrogens with zero attached hydrogens (tertiary/aromatic N) is 2. The Kier molecular flexibility index (Phi) is 5.51. The van der Waals surface area contributed by atoms with Crippen molar-refractivity contribution in [2.24, 2.45) is 4.99 Å². The molecule has 1 aliphatic rings. The van der Waals surface area contributed by atoms with Gasteiger partial charge in [-0.3, -0.25) is 10.1 Å². The number of ether oxygens (including phenoxy) is 2. The number of hydrogen-bond acceptors (Lipinski definition) is 7. The van der Waals surface area contributed by atoms with E-state index in [4.69, 9.17) is 21.1 Å². The highest BCUT2D eigenvalue weighted by Gasteiger charge is 2.27. The van der Waals surface area contributed by atoms with Crippen molar-refractivity contribution >= 4 is 41.2 Å². The summed E-state index contributed by atoms with van der Waals surface area (Å²) in [5.41, 5.74) is 0.928. The standard InChI is InChI=1S/C19H13ClN2O6/c1-2-27-18(23)12-5-3-11(4-6-12)9-16-19(24)28-17(21-16)14-10-13(22(25)26)7-8-15(14)20/h3-10H,2H2,1H3/b16-9-. The number of halogens is 1. The Morgan fingerprint density at radius 3 is 2.64 bits per heavy atom. The lowest BCUT2D eigenvalue weighted by atomic mass is 10.1. The second-order valence-corrected chi connectivity index (χ2v) is 6.01. The molecule has 0 unspecified atom stereocenters. The van der Waals surface area contributed by atoms with Crippen LogP contribution in [0.4, 0.5) is 5.69 Å². The topological polar surface area (TPSA) is 108 Å². The minimum Gasteiger partial charge on any atom is -0.462 e. The van der Waals surface area contributed by atoms with Crippen LogP contribution in [0.15, 0.2) is 53.2 Å². The van der Waals surface area contributed by atoms with E-state index in [1.165, 1.54) is 24.3 Å². The molecule has 0 amide bonds. The molecule has 3 rings (SSSR count). The maximum atomic E-state index is 12.1. The lowest BCUT2D eigenvalue weighted by molar-refractivity contribution is -0.384. The fourth-order valence-corrected chi connectivity index (χ4v) is 2.60. The van der Waals surface area contributed by atoms with Gasteiger partial charge < -0.3 is 9.47 Å². The molecule has 0 bridgehead atoms. The van der Waals surface area contributed by atoms with E-state index in [9.17, 15) is 19.7 Å². The zero-order valence-electron chi connectivity index (χ0n) is 14.5. The second kappa shape index (κ2) is 8.01. The van der Waals surface area contributed by atoms with Crippen LogP contribution in [0.2, 0.25) is 5.02 Å². The molecule has 0 fully saturated rings. The first kappa shape index (κ1) is 19.2. The van der Waals surface area contributed by atoms with E-state index in [1.54, 1.807) is 31.2 Å². The summed E-state index contributed by atoms with van der Waals surface area (Å²) in [6.07, 6.45) is 1.47. The molecule has 0 saturated heterocycles. The first-order valence-corrected chi connectivity index (χ1v) is 8.51. The number of non-ortho nitro benzene ring substituents is 1. The molecule has 9 heteroatoms. The summed E-state index contributed by atoms with van der Waals surface area (Å²) in [6.45, 7) is 1.99. The fourth-order valence-electron chi connectivity index (χ4n) is 2.40. The molecule has 2 aromatic rings. The molecule has 0 spiro atoms. The number of nitro benzene ring substituents is 1. The van der Waals surface area contributed by atoms with E-state index in [1.807, 2.05) is 0 Å². The van der Waals surface area contributed by atoms with Gasteiger partial charge in [0.2, 0.25) is 5.90 Å². The van der Waals surface area contributed by atoms with Gasteiger partial charge in [-0.05, 0) is 36.8 Å². The van der Waals surface area contributed by atoms with Crippen molar-refractivity contribution in [3.8, 4) is 0 Å². The van der Waals surface area contributed by atoms with E-state index < -0.39 is 16.9 Å². The van der Waals surface area contributed by atoms with Gasteiger partial charge in [0.15, 0.2) is 5.70 Å². The number of benzene rings is 2. The average molecular weight is 401 g/mol. The van der Waals surface area contributed by atoms with Gasteiger partial charge in [0, 0.05) is 12.1 Å². The van der Waals surface area contributed by atoms with Crippen LogP contribution in [0.5, 0.6) is 0 Å². The minimum absolute atomic E-state index is 0.00135. The molecular formula is C19H13ClN2O6. The quantitative estimate of drug-likeness (QED) is 0.327. The number of aliphatic imine (C=N–C) groups is 1. The molecule has 0 N–H and O–H groups in total. The molecule has 28 heavy (non-hydrogen) atoms. The highest BCUT2D eigenvalue weighted by atomic mass is 35.5. The number of carbonyl (C=O) groups excluding carboxylic acids is 2. The molecular weight excluding hydrogens is 388 g/mol. The van der Waals surface area contributed by atoms with Crippen molar-refractivity contribution < 1.29 is 24.0 Å². The Morgan fingerprint density at radius 1 is 1.29 bits per heavy atom. The third-order valence-corrected chi connectivity index (χ3v) is 4.07. The summed E-state index contributed by atoms with van der Waals surface area (Å²) >= 11 is 6.05. The Hall–Kier alpha value is -3.52. The molecule has 2 aromatic carbocycles. The first-order chi connectivity index (χ1) is 13.4. The molecule has 0 radical (unpaired) electrons. The molecule has 0 aromatic heterocycles. The van der Waals surface area contributed by atoms with Crippen LogP contribution in [0.3, 0.4) is 0 Å². The predicted molar refractivity (Wildman–Crippen MR) is 101 cm³/mol. The van der Waals surface area contributed by atoms with Gasteiger partial charge in [0.05, 0.1) is 27.7 Å². The summed E-state index contributed by atoms with van der Waals surface area (Å²) < 4.78 is 10.0. The first-order valence-electron chi connectivity index (χ1n) is 8.13. The molecule has 142 valence electrons. The Bertz CT molecular complexity index is 1030. The minimum atomic E-state index is -0.716. The monoisotopic (exact) mass is 400 g/mol. The predicted octanol–water partition coefficient (Wildman–Crippen LogP) is 3.77. The number of hydrogen-bond donors (Lipinski definition) is 0. The Balaban J connectivity index is 1.89. The Morgan fingerprint density at radius 2 is 2.00 bits per heavy atom. The third kappa shape index (κ3) is 4.07. The van der Waals surface area contributed by atoms with Gasteiger partial charge in [-0.15, -0.1) is 0 Å². The van der Waals surface area contributed by atoms with Crippen molar-refractivity contribution in [2.45, 2.75) is 6.92 Å². The van der Waals surface area contributed by atoms with E-state index >= 15 is 0 Å². The molecule has 8 nitrogen and oxygen atoms in total. The largest absolute Gasteiger partial charge is 0.462 e. The van der Waals surface area contributed by atoms with E-state index in [2.05, 4.69) is 4.99 Å². The highest BCUT2D eigenvalue weighted by Crippen LogP contribution is 2.27. The van der Waals surface area contributed by atoms with Crippen LogP contribution in [-0.4, -0.2) is 29.4 Å². The van der Waals surface area contributed by atoms with Crippen LogP contribution in [0, 0.1) is 10.1 Å². The third-order valence-electron chi connectivity index (χ3n) is 3.74. The van der Waals surface area contributed by atoms with Crippen molar-refractivity contribution in [2.75, 3.05) is 6.61 Å². The van der Waals surface area contributed by atoms with Gasteiger partial charge in [0.1, 0.15) is 0 Å². The van der Waals surface area contributed by atoms with Crippen molar-refractivity contribution in [3.63, 3.8) is 0 Å². The van der Waals surface area contributed by atoms with Crippen LogP contribution >= 0.6 is 11.6 Å². The smallest absolute Gasteiger partial charge is 0.363 e. The molecule has 0 saturated carbocycles. The summed E-state index contributed by atoms with van der Waals surface area (Å²) in [5, 5.41) is 11.1. The van der Waals surface area contributed by atoms with E-state index in [-0.39, 0.29) is 34.5 Å². The van der Waals surface area contributed by atoms with Crippen molar-refractivity contribution in [1.82, 2.24) is 0 Å². The normalized spacial score (nSPS) is 14.6. The van der Waals surface area contributed by atoms with Crippen LogP contribution in [0.25, 0.3) is 6.08 Å². The van der Waals surface area contributed by atoms with E-state index in [0.717, 1.165) is 0 Å². The zero-order valence-corrected chi connectivity index (χ0v) is 15.3. The number of nitro groups is 1. The summed E-state index contributed by atoms with van der Waals surface area (Å²) in [4.78, 5) is 38.2. The van der Waals surface area contributed by atoms with Crippen LogP contribution < -0.4 is 0 Å². The summed E-state index contributed by atoms with van der Waals surface area (Å²) in [5.74, 6) is -1.28. The van der Waals surface area contributed by atoms with Crippen LogP contribution in [-0.2, 0) is 14.3 Å². The van der Waals surface area contributed by atoms with Gasteiger partial charge in [-0.1, -0.05) is 23.7 Å². The molecule has 0 atom stereocenters. The van der Waals surface area contributed by atoms with Crippen LogP contribution in [0.1, 0.15) is 28.4 Å². The Labute approximate surface area is 164 Å². The summed E-state index contributed by atoms with van der Waals surface area (Å²) in [7, 11) is 0. The second-order valence-electron chi connectivity index (χ2n) is 5.60.